The Balaban J connectivity index is 0.000000566. The number of amides is 1. The molecule has 3 aromatic carbocycles. The number of halogens is 6. The summed E-state index contributed by atoms with van der Waals surface area (Å²) in [6.45, 7) is 3.65. The average molecular weight is 636 g/mol. The number of nitrogens with zero attached hydrogens (tertiary/aromatic N) is 3. The minimum Gasteiger partial charge on any atom is -0.497 e. The Morgan fingerprint density at radius 2 is 1.50 bits per heavy atom. The molecule has 0 spiro atoms. The number of aromatic nitrogens is 1. The Kier molecular flexibility index (Phi) is 9.83. The van der Waals surface area contributed by atoms with Crippen molar-refractivity contribution in [3.8, 4) is 22.7 Å². The summed E-state index contributed by atoms with van der Waals surface area (Å²) in [6.07, 6.45) is -5.08. The summed E-state index contributed by atoms with van der Waals surface area (Å²) in [5.74, 6) is -3.33. The van der Waals surface area contributed by atoms with E-state index >= 15 is 0 Å². The first-order valence-corrected chi connectivity index (χ1v) is 13.6. The van der Waals surface area contributed by atoms with Crippen molar-refractivity contribution in [2.75, 3.05) is 38.2 Å². The number of methoxy groups -OCH3 is 1. The second kappa shape index (κ2) is 13.4. The lowest BCUT2D eigenvalue weighted by molar-refractivity contribution is -0.192. The molecule has 1 amide bonds. The number of hydrogen-bond acceptors (Lipinski definition) is 4. The molecule has 0 bridgehead atoms. The lowest BCUT2D eigenvalue weighted by Gasteiger charge is -2.36. The smallest absolute Gasteiger partial charge is 0.490 e. The van der Waals surface area contributed by atoms with E-state index in [4.69, 9.17) is 26.2 Å². The van der Waals surface area contributed by atoms with Gasteiger partial charge < -0.3 is 24.2 Å². The molecule has 1 saturated heterocycles. The zero-order valence-electron chi connectivity index (χ0n) is 23.5. The molecule has 0 saturated carbocycles. The van der Waals surface area contributed by atoms with Gasteiger partial charge in [-0.1, -0.05) is 23.7 Å². The van der Waals surface area contributed by atoms with Crippen LogP contribution < -0.4 is 9.64 Å². The summed E-state index contributed by atoms with van der Waals surface area (Å²) in [6, 6.07) is 20.7. The van der Waals surface area contributed by atoms with Gasteiger partial charge in [0.15, 0.2) is 0 Å². The molecule has 1 fully saturated rings. The number of hydrogen-bond donors (Lipinski definition) is 1. The number of para-hydroxylation sites is 1. The van der Waals surface area contributed by atoms with Crippen LogP contribution in [0.1, 0.15) is 16.1 Å². The molecule has 7 nitrogen and oxygen atoms in total. The standard InChI is InChI=1S/C29H26ClF2N3O2.C2HF3O2/c1-19-23(29(36)34-15-13-33(14-16-34)27-12-9-21(31)17-25(27)32)18-28(20-7-10-22(37-2)11-8-20)35(19)26-6-4-3-5-24(26)30;3-2(4,5)1(6)7/h3-12,17-18H,13-16H2,1-2H3;(H,6,7). The summed E-state index contributed by atoms with van der Waals surface area (Å²) in [7, 11) is 1.62. The maximum absolute atomic E-state index is 14.3. The lowest BCUT2D eigenvalue weighted by Crippen LogP contribution is -2.49. The molecule has 4 aromatic rings. The van der Waals surface area contributed by atoms with Gasteiger partial charge in [-0.05, 0) is 67.1 Å². The predicted octanol–water partition coefficient (Wildman–Crippen LogP) is 6.99. The third kappa shape index (κ3) is 7.13. The number of alkyl halides is 3. The monoisotopic (exact) mass is 635 g/mol. The zero-order chi connectivity index (χ0) is 32.2. The molecule has 44 heavy (non-hydrogen) atoms. The van der Waals surface area contributed by atoms with Crippen LogP contribution in [0.3, 0.4) is 0 Å². The Labute approximate surface area is 254 Å². The highest BCUT2D eigenvalue weighted by Crippen LogP contribution is 2.34. The van der Waals surface area contributed by atoms with Gasteiger partial charge in [-0.25, -0.2) is 13.6 Å². The normalized spacial score (nSPS) is 13.3. The van der Waals surface area contributed by atoms with Gasteiger partial charge in [-0.3, -0.25) is 4.79 Å². The summed E-state index contributed by atoms with van der Waals surface area (Å²) < 4.78 is 66.6. The summed E-state index contributed by atoms with van der Waals surface area (Å²) in [5, 5.41) is 7.70. The number of aliphatic carboxylic acids is 1. The van der Waals surface area contributed by atoms with Crippen molar-refractivity contribution >= 4 is 29.2 Å². The van der Waals surface area contributed by atoms with Gasteiger partial charge in [-0.2, -0.15) is 13.2 Å². The molecule has 1 N–H and O–H groups in total. The van der Waals surface area contributed by atoms with Crippen molar-refractivity contribution in [2.45, 2.75) is 13.1 Å². The van der Waals surface area contributed by atoms with Crippen molar-refractivity contribution in [1.82, 2.24) is 9.47 Å². The fourth-order valence-corrected chi connectivity index (χ4v) is 5.02. The fraction of sp³-hybridized carbons (Fsp3) is 0.226. The Morgan fingerprint density at radius 3 is 2.05 bits per heavy atom. The first-order chi connectivity index (χ1) is 20.8. The maximum Gasteiger partial charge on any atom is 0.490 e. The van der Waals surface area contributed by atoms with Crippen LogP contribution in [-0.4, -0.2) is 65.9 Å². The van der Waals surface area contributed by atoms with E-state index in [0.717, 1.165) is 34.5 Å². The number of carboxylic acid groups (broad SMARTS) is 1. The van der Waals surface area contributed by atoms with E-state index < -0.39 is 23.8 Å². The first-order valence-electron chi connectivity index (χ1n) is 13.2. The predicted molar refractivity (Wildman–Crippen MR) is 156 cm³/mol. The van der Waals surface area contributed by atoms with Crippen LogP contribution in [0.15, 0.2) is 72.8 Å². The van der Waals surface area contributed by atoms with Crippen LogP contribution in [0.25, 0.3) is 16.9 Å². The molecule has 2 heterocycles. The van der Waals surface area contributed by atoms with Crippen molar-refractivity contribution in [2.24, 2.45) is 0 Å². The van der Waals surface area contributed by atoms with E-state index in [0.29, 0.717) is 42.5 Å². The van der Waals surface area contributed by atoms with Gasteiger partial charge >= 0.3 is 12.1 Å². The number of carboxylic acids is 1. The molecule has 1 aliphatic rings. The van der Waals surface area contributed by atoms with E-state index in [2.05, 4.69) is 0 Å². The van der Waals surface area contributed by atoms with Crippen LogP contribution in [-0.2, 0) is 4.79 Å². The van der Waals surface area contributed by atoms with Crippen LogP contribution in [0, 0.1) is 18.6 Å². The minimum absolute atomic E-state index is 0.0997. The Morgan fingerprint density at radius 1 is 0.886 bits per heavy atom. The molecule has 1 aliphatic heterocycles. The van der Waals surface area contributed by atoms with Gasteiger partial charge in [-0.15, -0.1) is 0 Å². The molecular formula is C31H27ClF5N3O4. The van der Waals surface area contributed by atoms with Gasteiger partial charge in [0.1, 0.15) is 17.4 Å². The van der Waals surface area contributed by atoms with Crippen molar-refractivity contribution in [1.29, 1.82) is 0 Å². The Bertz CT molecular complexity index is 1650. The van der Waals surface area contributed by atoms with Crippen molar-refractivity contribution in [3.63, 3.8) is 0 Å². The highest BCUT2D eigenvalue weighted by molar-refractivity contribution is 6.32. The fourth-order valence-electron chi connectivity index (χ4n) is 4.80. The third-order valence-electron chi connectivity index (χ3n) is 7.02. The molecule has 13 heteroatoms. The zero-order valence-corrected chi connectivity index (χ0v) is 24.3. The molecule has 0 atom stereocenters. The number of carbonyl (C=O) groups is 2. The molecule has 0 aliphatic carbocycles. The maximum atomic E-state index is 14.3. The quantitative estimate of drug-likeness (QED) is 0.239. The third-order valence-corrected chi connectivity index (χ3v) is 7.34. The minimum atomic E-state index is -5.08. The van der Waals surface area contributed by atoms with E-state index in [1.165, 1.54) is 12.1 Å². The van der Waals surface area contributed by atoms with Gasteiger partial charge in [0.05, 0.1) is 34.8 Å². The molecular weight excluding hydrogens is 609 g/mol. The van der Waals surface area contributed by atoms with Crippen molar-refractivity contribution in [3.05, 3.63) is 101 Å². The second-order valence-corrected chi connectivity index (χ2v) is 10.1. The van der Waals surface area contributed by atoms with Gasteiger partial charge in [0.25, 0.3) is 5.91 Å². The van der Waals surface area contributed by atoms with E-state index in [9.17, 15) is 26.7 Å². The number of benzene rings is 3. The van der Waals surface area contributed by atoms with Crippen LogP contribution >= 0.6 is 11.6 Å². The van der Waals surface area contributed by atoms with Crippen LogP contribution in [0.4, 0.5) is 27.6 Å². The number of carbonyl (C=O) groups excluding carboxylic acids is 1. The van der Waals surface area contributed by atoms with Gasteiger partial charge in [0.2, 0.25) is 0 Å². The van der Waals surface area contributed by atoms with Crippen LogP contribution in [0.2, 0.25) is 5.02 Å². The summed E-state index contributed by atoms with van der Waals surface area (Å²) >= 11 is 6.58. The molecule has 232 valence electrons. The summed E-state index contributed by atoms with van der Waals surface area (Å²) in [5.41, 5.74) is 4.23. The van der Waals surface area contributed by atoms with Gasteiger partial charge in [0, 0.05) is 37.9 Å². The Hall–Kier alpha value is -4.58. The number of anilines is 1. The topological polar surface area (TPSA) is 75.0 Å². The molecule has 5 rings (SSSR count). The van der Waals surface area contributed by atoms with E-state index in [1.807, 2.05) is 71.0 Å². The first kappa shape index (κ1) is 32.3. The second-order valence-electron chi connectivity index (χ2n) is 9.72. The van der Waals surface area contributed by atoms with E-state index in [1.54, 1.807) is 12.0 Å². The largest absolute Gasteiger partial charge is 0.497 e. The van der Waals surface area contributed by atoms with Crippen molar-refractivity contribution < 1.29 is 41.4 Å². The SMILES string of the molecule is COc1ccc(-c2cc(C(=O)N3CCN(c4ccc(F)cc4F)CC3)c(C)n2-c2ccccc2Cl)cc1.O=C(O)C(F)(F)F. The highest BCUT2D eigenvalue weighted by atomic mass is 35.5. The molecule has 1 aromatic heterocycles. The molecule has 0 radical (unpaired) electrons. The average Bonchev–Trinajstić information content (AvgIpc) is 3.33. The van der Waals surface area contributed by atoms with E-state index in [-0.39, 0.29) is 5.91 Å². The summed E-state index contributed by atoms with van der Waals surface area (Å²) in [4.78, 5) is 26.2. The molecule has 0 unspecified atom stereocenters. The number of ether oxygens (including phenoxy) is 1. The highest BCUT2D eigenvalue weighted by Gasteiger charge is 2.38. The number of piperazine rings is 1. The lowest BCUT2D eigenvalue weighted by atomic mass is 10.1. The van der Waals surface area contributed by atoms with Crippen LogP contribution in [0.5, 0.6) is 5.75 Å². The number of rotatable bonds is 5.